The molecule has 0 saturated heterocycles. The minimum atomic E-state index is 0.324. The fourth-order valence-electron chi connectivity index (χ4n) is 2.54. The quantitative estimate of drug-likeness (QED) is 0.775. The molecule has 120 valence electrons. The number of nitriles is 1. The third kappa shape index (κ3) is 3.44. The molecule has 0 aliphatic rings. The Bertz CT molecular complexity index is 859. The summed E-state index contributed by atoms with van der Waals surface area (Å²) in [7, 11) is 0. The summed E-state index contributed by atoms with van der Waals surface area (Å²) in [6.45, 7) is 4.88. The predicted octanol–water partition coefficient (Wildman–Crippen LogP) is 3.87. The van der Waals surface area contributed by atoms with E-state index in [2.05, 4.69) is 30.2 Å². The zero-order valence-electron chi connectivity index (χ0n) is 13.8. The Morgan fingerprint density at radius 2 is 1.92 bits per heavy atom. The molecule has 0 radical (unpaired) electrons. The Labute approximate surface area is 141 Å². The van der Waals surface area contributed by atoms with Crippen LogP contribution in [0.15, 0.2) is 54.7 Å². The second-order valence-corrected chi connectivity index (χ2v) is 5.85. The van der Waals surface area contributed by atoms with Gasteiger partial charge in [0.1, 0.15) is 17.6 Å². The van der Waals surface area contributed by atoms with Gasteiger partial charge in [0.25, 0.3) is 0 Å². The van der Waals surface area contributed by atoms with Crippen LogP contribution in [0, 0.1) is 11.3 Å². The van der Waals surface area contributed by atoms with Gasteiger partial charge < -0.3 is 5.32 Å². The Morgan fingerprint density at radius 1 is 1.12 bits per heavy atom. The zero-order valence-corrected chi connectivity index (χ0v) is 13.8. The maximum absolute atomic E-state index is 8.94. The van der Waals surface area contributed by atoms with Crippen molar-refractivity contribution in [3.63, 3.8) is 0 Å². The molecule has 3 aromatic rings. The highest BCUT2D eigenvalue weighted by Crippen LogP contribution is 2.21. The molecule has 3 rings (SSSR count). The van der Waals surface area contributed by atoms with Gasteiger partial charge in [-0.1, -0.05) is 38.1 Å². The maximum atomic E-state index is 8.94. The lowest BCUT2D eigenvalue weighted by atomic mass is 10.1. The first-order valence-electron chi connectivity index (χ1n) is 7.92. The minimum absolute atomic E-state index is 0.324. The first kappa shape index (κ1) is 15.8. The summed E-state index contributed by atoms with van der Waals surface area (Å²) in [4.78, 5) is 4.25. The summed E-state index contributed by atoms with van der Waals surface area (Å²) >= 11 is 0. The number of rotatable bonds is 5. The van der Waals surface area contributed by atoms with E-state index in [-0.39, 0.29) is 0 Å². The molecule has 0 fully saturated rings. The van der Waals surface area contributed by atoms with Crippen LogP contribution in [0.25, 0.3) is 5.69 Å². The topological polar surface area (TPSA) is 66.5 Å². The van der Waals surface area contributed by atoms with E-state index in [1.54, 1.807) is 6.07 Å². The zero-order chi connectivity index (χ0) is 16.9. The Kier molecular flexibility index (Phi) is 4.57. The molecular formula is C19H19N5. The van der Waals surface area contributed by atoms with Crippen LogP contribution >= 0.6 is 0 Å². The molecule has 2 heterocycles. The molecule has 0 spiro atoms. The van der Waals surface area contributed by atoms with Crippen LogP contribution in [0.4, 0.5) is 5.82 Å². The summed E-state index contributed by atoms with van der Waals surface area (Å²) in [5, 5.41) is 17.0. The van der Waals surface area contributed by atoms with E-state index < -0.39 is 0 Å². The normalized spacial score (nSPS) is 10.6. The lowest BCUT2D eigenvalue weighted by Crippen LogP contribution is -2.04. The van der Waals surface area contributed by atoms with Crippen molar-refractivity contribution in [2.24, 2.45) is 0 Å². The molecule has 0 unspecified atom stereocenters. The van der Waals surface area contributed by atoms with Gasteiger partial charge in [-0.2, -0.15) is 10.4 Å². The van der Waals surface area contributed by atoms with Gasteiger partial charge in [0.2, 0.25) is 0 Å². The van der Waals surface area contributed by atoms with Crippen molar-refractivity contribution in [2.75, 3.05) is 5.32 Å². The van der Waals surface area contributed by atoms with Crippen molar-refractivity contribution in [2.45, 2.75) is 26.3 Å². The highest BCUT2D eigenvalue weighted by Gasteiger charge is 2.13. The number of para-hydroxylation sites is 1. The predicted molar refractivity (Wildman–Crippen MR) is 93.9 cm³/mol. The second-order valence-electron chi connectivity index (χ2n) is 5.85. The van der Waals surface area contributed by atoms with Crippen molar-refractivity contribution in [3.8, 4) is 11.8 Å². The van der Waals surface area contributed by atoms with Gasteiger partial charge in [0.05, 0.1) is 11.4 Å². The minimum Gasteiger partial charge on any atom is -0.366 e. The first-order valence-corrected chi connectivity index (χ1v) is 7.92. The lowest BCUT2D eigenvalue weighted by Gasteiger charge is -2.07. The van der Waals surface area contributed by atoms with Crippen molar-refractivity contribution in [1.29, 1.82) is 5.26 Å². The maximum Gasteiger partial charge on any atom is 0.142 e. The number of hydrogen-bond acceptors (Lipinski definition) is 4. The van der Waals surface area contributed by atoms with Crippen LogP contribution in [-0.4, -0.2) is 14.8 Å². The number of nitrogens with one attached hydrogen (secondary N) is 1. The summed E-state index contributed by atoms with van der Waals surface area (Å²) < 4.78 is 1.91. The smallest absolute Gasteiger partial charge is 0.142 e. The third-order valence-electron chi connectivity index (χ3n) is 3.71. The van der Waals surface area contributed by atoms with Gasteiger partial charge in [-0.05, 0) is 30.2 Å². The molecule has 0 atom stereocenters. The van der Waals surface area contributed by atoms with Crippen LogP contribution < -0.4 is 5.32 Å². The molecule has 0 bridgehead atoms. The number of anilines is 1. The van der Waals surface area contributed by atoms with E-state index >= 15 is 0 Å². The molecule has 0 saturated carbocycles. The van der Waals surface area contributed by atoms with E-state index in [9.17, 15) is 0 Å². The van der Waals surface area contributed by atoms with Crippen molar-refractivity contribution in [1.82, 2.24) is 14.8 Å². The van der Waals surface area contributed by atoms with E-state index in [4.69, 9.17) is 10.4 Å². The number of pyridine rings is 1. The SMILES string of the molecule is CC(C)c1nn(-c2ccccc2)cc1CNc1cccc(C#N)n1. The molecule has 5 nitrogen and oxygen atoms in total. The highest BCUT2D eigenvalue weighted by molar-refractivity contribution is 5.40. The molecule has 1 aromatic carbocycles. The van der Waals surface area contributed by atoms with E-state index in [0.717, 1.165) is 16.9 Å². The number of nitrogens with zero attached hydrogens (tertiary/aromatic N) is 4. The average molecular weight is 317 g/mol. The highest BCUT2D eigenvalue weighted by atomic mass is 15.3. The average Bonchev–Trinajstić information content (AvgIpc) is 3.05. The van der Waals surface area contributed by atoms with Gasteiger partial charge in [-0.3, -0.25) is 0 Å². The molecule has 0 amide bonds. The molecule has 0 aliphatic carbocycles. The molecule has 0 aliphatic heterocycles. The monoisotopic (exact) mass is 317 g/mol. The second kappa shape index (κ2) is 6.97. The van der Waals surface area contributed by atoms with Crippen molar-refractivity contribution >= 4 is 5.82 Å². The van der Waals surface area contributed by atoms with Crippen LogP contribution in [0.2, 0.25) is 0 Å². The van der Waals surface area contributed by atoms with Gasteiger partial charge in [-0.15, -0.1) is 0 Å². The molecular weight excluding hydrogens is 298 g/mol. The number of benzene rings is 1. The first-order chi connectivity index (χ1) is 11.7. The fraction of sp³-hybridized carbons (Fsp3) is 0.211. The summed E-state index contributed by atoms with van der Waals surface area (Å²) in [6, 6.07) is 17.5. The van der Waals surface area contributed by atoms with Crippen molar-refractivity contribution in [3.05, 3.63) is 71.7 Å². The largest absolute Gasteiger partial charge is 0.366 e. The van der Waals surface area contributed by atoms with E-state index in [1.165, 1.54) is 0 Å². The fourth-order valence-corrected chi connectivity index (χ4v) is 2.54. The molecule has 5 heteroatoms. The van der Waals surface area contributed by atoms with Gasteiger partial charge in [0.15, 0.2) is 0 Å². The Balaban J connectivity index is 1.84. The molecule has 1 N–H and O–H groups in total. The Hall–Kier alpha value is -3.13. The summed E-state index contributed by atoms with van der Waals surface area (Å²) in [5.41, 5.74) is 3.63. The van der Waals surface area contributed by atoms with E-state index in [0.29, 0.717) is 24.0 Å². The van der Waals surface area contributed by atoms with Crippen LogP contribution in [0.1, 0.15) is 36.7 Å². The van der Waals surface area contributed by atoms with Crippen LogP contribution in [0.5, 0.6) is 0 Å². The number of hydrogen-bond donors (Lipinski definition) is 1. The summed E-state index contributed by atoms with van der Waals surface area (Å²) in [6.07, 6.45) is 2.05. The standard InChI is InChI=1S/C19H19N5/c1-14(2)19-15(12-21-18-10-6-7-16(11-20)22-18)13-24(23-19)17-8-4-3-5-9-17/h3-10,13-14H,12H2,1-2H3,(H,21,22). The molecule has 24 heavy (non-hydrogen) atoms. The van der Waals surface area contributed by atoms with Gasteiger partial charge in [0, 0.05) is 18.3 Å². The molecule has 2 aromatic heterocycles. The van der Waals surface area contributed by atoms with Gasteiger partial charge in [-0.25, -0.2) is 9.67 Å². The number of aromatic nitrogens is 3. The summed E-state index contributed by atoms with van der Waals surface area (Å²) in [5.74, 6) is 1.02. The van der Waals surface area contributed by atoms with Crippen molar-refractivity contribution < 1.29 is 0 Å². The van der Waals surface area contributed by atoms with E-state index in [1.807, 2.05) is 53.3 Å². The van der Waals surface area contributed by atoms with Crippen LogP contribution in [-0.2, 0) is 6.54 Å². The third-order valence-corrected chi connectivity index (χ3v) is 3.71. The van der Waals surface area contributed by atoms with Crippen LogP contribution in [0.3, 0.4) is 0 Å². The Morgan fingerprint density at radius 3 is 2.62 bits per heavy atom. The lowest BCUT2D eigenvalue weighted by molar-refractivity contribution is 0.763. The van der Waals surface area contributed by atoms with Gasteiger partial charge >= 0.3 is 0 Å².